The maximum absolute atomic E-state index is 12.7. The summed E-state index contributed by atoms with van der Waals surface area (Å²) >= 11 is 0. The number of carbonyl (C=O) groups excluding carboxylic acids is 1. The van der Waals surface area contributed by atoms with Crippen LogP contribution >= 0.6 is 0 Å². The van der Waals surface area contributed by atoms with Gasteiger partial charge in [0.2, 0.25) is 0 Å². The Balaban J connectivity index is 1.95. The van der Waals surface area contributed by atoms with Gasteiger partial charge in [-0.05, 0) is 51.6 Å². The minimum atomic E-state index is -0.154. The lowest BCUT2D eigenvalue weighted by molar-refractivity contribution is -0.127. The average Bonchev–Trinajstić information content (AvgIpc) is 2.71. The van der Waals surface area contributed by atoms with E-state index in [0.29, 0.717) is 0 Å². The predicted molar refractivity (Wildman–Crippen MR) is 94.1 cm³/mol. The number of aliphatic hydroxyl groups excluding tert-OH is 1. The van der Waals surface area contributed by atoms with Gasteiger partial charge in [0, 0.05) is 31.8 Å². The number of hydrogen-bond acceptors (Lipinski definition) is 3. The molecular formula is C19H30N2O2. The Morgan fingerprint density at radius 1 is 1.26 bits per heavy atom. The predicted octanol–water partition coefficient (Wildman–Crippen LogP) is 2.51. The van der Waals surface area contributed by atoms with E-state index in [1.165, 1.54) is 5.57 Å². The van der Waals surface area contributed by atoms with Gasteiger partial charge in [0.1, 0.15) is 0 Å². The van der Waals surface area contributed by atoms with Gasteiger partial charge in [-0.15, -0.1) is 0 Å². The van der Waals surface area contributed by atoms with Crippen LogP contribution in [-0.2, 0) is 4.79 Å². The van der Waals surface area contributed by atoms with Crippen molar-refractivity contribution in [2.75, 3.05) is 32.7 Å². The Hall–Kier alpha value is -1.39. The first-order valence-corrected chi connectivity index (χ1v) is 8.71. The van der Waals surface area contributed by atoms with E-state index in [-0.39, 0.29) is 12.0 Å². The summed E-state index contributed by atoms with van der Waals surface area (Å²) in [6.45, 7) is 12.3. The SMILES string of the molecule is C=CC1=C(C=C(C)C)CCN(CCN2CCCC(O)CC2)C1=O. The highest BCUT2D eigenvalue weighted by Crippen LogP contribution is 2.22. The van der Waals surface area contributed by atoms with Crippen LogP contribution in [-0.4, -0.2) is 59.6 Å². The molecule has 0 aliphatic carbocycles. The molecule has 1 fully saturated rings. The van der Waals surface area contributed by atoms with Crippen LogP contribution in [0.5, 0.6) is 0 Å². The second-order valence-electron chi connectivity index (χ2n) is 6.83. The van der Waals surface area contributed by atoms with Crippen LogP contribution in [0.25, 0.3) is 0 Å². The van der Waals surface area contributed by atoms with E-state index < -0.39 is 0 Å². The van der Waals surface area contributed by atoms with Crippen molar-refractivity contribution in [3.05, 3.63) is 35.5 Å². The first-order chi connectivity index (χ1) is 11.0. The number of carbonyl (C=O) groups is 1. The molecule has 0 spiro atoms. The summed E-state index contributed by atoms with van der Waals surface area (Å²) < 4.78 is 0. The van der Waals surface area contributed by atoms with Crippen molar-refractivity contribution in [1.29, 1.82) is 0 Å². The van der Waals surface area contributed by atoms with Crippen LogP contribution < -0.4 is 0 Å². The third-order valence-corrected chi connectivity index (χ3v) is 4.66. The fraction of sp³-hybridized carbons (Fsp3) is 0.632. The quantitative estimate of drug-likeness (QED) is 0.847. The molecule has 2 heterocycles. The van der Waals surface area contributed by atoms with E-state index >= 15 is 0 Å². The summed E-state index contributed by atoms with van der Waals surface area (Å²) in [7, 11) is 0. The number of aliphatic hydroxyl groups is 1. The van der Waals surface area contributed by atoms with Crippen LogP contribution in [0.2, 0.25) is 0 Å². The molecule has 1 saturated heterocycles. The molecule has 0 aromatic carbocycles. The van der Waals surface area contributed by atoms with E-state index in [1.54, 1.807) is 6.08 Å². The van der Waals surface area contributed by atoms with Gasteiger partial charge >= 0.3 is 0 Å². The van der Waals surface area contributed by atoms with Crippen LogP contribution in [0.1, 0.15) is 39.5 Å². The second kappa shape index (κ2) is 8.46. The molecule has 0 radical (unpaired) electrons. The molecule has 0 aromatic rings. The number of nitrogens with zero attached hydrogens (tertiary/aromatic N) is 2. The summed E-state index contributed by atoms with van der Waals surface area (Å²) in [6.07, 6.45) is 7.33. The summed E-state index contributed by atoms with van der Waals surface area (Å²) in [5.74, 6) is 0.105. The van der Waals surface area contributed by atoms with Crippen molar-refractivity contribution >= 4 is 5.91 Å². The Morgan fingerprint density at radius 3 is 2.74 bits per heavy atom. The molecule has 1 amide bonds. The zero-order valence-corrected chi connectivity index (χ0v) is 14.6. The van der Waals surface area contributed by atoms with Crippen LogP contribution in [0, 0.1) is 0 Å². The van der Waals surface area contributed by atoms with Crippen molar-refractivity contribution in [2.45, 2.75) is 45.6 Å². The molecule has 23 heavy (non-hydrogen) atoms. The van der Waals surface area contributed by atoms with Crippen LogP contribution in [0.4, 0.5) is 0 Å². The maximum Gasteiger partial charge on any atom is 0.254 e. The standard InChI is InChI=1S/C19H30N2O2/c1-4-18-16(14-15(2)3)7-11-21(19(18)23)13-12-20-9-5-6-17(22)8-10-20/h4,14,17,22H,1,5-13H2,2-3H3. The molecule has 0 saturated carbocycles. The number of likely N-dealkylation sites (tertiary alicyclic amines) is 1. The lowest BCUT2D eigenvalue weighted by Crippen LogP contribution is -2.42. The highest BCUT2D eigenvalue weighted by atomic mass is 16.3. The fourth-order valence-corrected chi connectivity index (χ4v) is 3.35. The van der Waals surface area contributed by atoms with E-state index in [1.807, 2.05) is 4.90 Å². The first-order valence-electron chi connectivity index (χ1n) is 8.71. The Morgan fingerprint density at radius 2 is 2.04 bits per heavy atom. The normalized spacial score (nSPS) is 23.7. The second-order valence-corrected chi connectivity index (χ2v) is 6.83. The molecule has 0 bridgehead atoms. The average molecular weight is 318 g/mol. The number of rotatable bonds is 5. The molecule has 1 atom stereocenters. The lowest BCUT2D eigenvalue weighted by atomic mass is 9.97. The van der Waals surface area contributed by atoms with Gasteiger partial charge in [0.25, 0.3) is 5.91 Å². The number of amides is 1. The highest BCUT2D eigenvalue weighted by Gasteiger charge is 2.25. The van der Waals surface area contributed by atoms with Crippen molar-refractivity contribution < 1.29 is 9.90 Å². The molecule has 4 nitrogen and oxygen atoms in total. The van der Waals surface area contributed by atoms with Gasteiger partial charge in [-0.3, -0.25) is 4.79 Å². The largest absolute Gasteiger partial charge is 0.393 e. The molecular weight excluding hydrogens is 288 g/mol. The van der Waals surface area contributed by atoms with Crippen molar-refractivity contribution in [1.82, 2.24) is 9.80 Å². The molecule has 128 valence electrons. The minimum Gasteiger partial charge on any atom is -0.393 e. The molecule has 0 aromatic heterocycles. The Labute approximate surface area is 140 Å². The topological polar surface area (TPSA) is 43.8 Å². The molecule has 4 heteroatoms. The van der Waals surface area contributed by atoms with Gasteiger partial charge in [-0.2, -0.15) is 0 Å². The van der Waals surface area contributed by atoms with E-state index in [0.717, 1.165) is 69.6 Å². The maximum atomic E-state index is 12.7. The summed E-state index contributed by atoms with van der Waals surface area (Å²) in [5.41, 5.74) is 3.08. The van der Waals surface area contributed by atoms with Crippen molar-refractivity contribution in [3.63, 3.8) is 0 Å². The Bertz CT molecular complexity index is 503. The number of hydrogen-bond donors (Lipinski definition) is 1. The van der Waals surface area contributed by atoms with Gasteiger partial charge in [0.05, 0.1) is 6.10 Å². The molecule has 2 rings (SSSR count). The molecule has 1 N–H and O–H groups in total. The number of allylic oxidation sites excluding steroid dienone is 2. The zero-order valence-electron chi connectivity index (χ0n) is 14.6. The summed E-state index contributed by atoms with van der Waals surface area (Å²) in [6, 6.07) is 0. The van der Waals surface area contributed by atoms with Gasteiger partial charge in [-0.1, -0.05) is 24.3 Å². The summed E-state index contributed by atoms with van der Waals surface area (Å²) in [4.78, 5) is 17.0. The van der Waals surface area contributed by atoms with Gasteiger partial charge in [-0.25, -0.2) is 0 Å². The third-order valence-electron chi connectivity index (χ3n) is 4.66. The van der Waals surface area contributed by atoms with E-state index in [4.69, 9.17) is 0 Å². The third kappa shape index (κ3) is 5.05. The van der Waals surface area contributed by atoms with E-state index in [9.17, 15) is 9.90 Å². The first kappa shape index (κ1) is 18.0. The van der Waals surface area contributed by atoms with Crippen LogP contribution in [0.3, 0.4) is 0 Å². The zero-order chi connectivity index (χ0) is 16.8. The summed E-state index contributed by atoms with van der Waals surface area (Å²) in [5, 5.41) is 9.72. The molecule has 1 unspecified atom stereocenters. The Kier molecular flexibility index (Phi) is 6.60. The van der Waals surface area contributed by atoms with Crippen molar-refractivity contribution in [3.8, 4) is 0 Å². The van der Waals surface area contributed by atoms with Crippen molar-refractivity contribution in [2.24, 2.45) is 0 Å². The highest BCUT2D eigenvalue weighted by molar-refractivity contribution is 5.98. The minimum absolute atomic E-state index is 0.105. The smallest absolute Gasteiger partial charge is 0.254 e. The fourth-order valence-electron chi connectivity index (χ4n) is 3.35. The monoisotopic (exact) mass is 318 g/mol. The van der Waals surface area contributed by atoms with Gasteiger partial charge < -0.3 is 14.9 Å². The van der Waals surface area contributed by atoms with Crippen LogP contribution in [0.15, 0.2) is 35.5 Å². The molecule has 2 aliphatic rings. The lowest BCUT2D eigenvalue weighted by Gasteiger charge is -2.31. The van der Waals surface area contributed by atoms with Gasteiger partial charge in [0.15, 0.2) is 0 Å². The molecule has 2 aliphatic heterocycles. The van der Waals surface area contributed by atoms with E-state index in [2.05, 4.69) is 31.4 Å².